The molecule has 7 unspecified atom stereocenters. The maximum Gasteiger partial charge on any atom is 0.313 e. The van der Waals surface area contributed by atoms with Crippen LogP contribution in [0.3, 0.4) is 0 Å². The van der Waals surface area contributed by atoms with Crippen molar-refractivity contribution in [3.63, 3.8) is 0 Å². The molecule has 0 N–H and O–H groups in total. The number of para-hydroxylation sites is 1. The van der Waals surface area contributed by atoms with Crippen molar-refractivity contribution in [2.45, 2.75) is 15.9 Å². The molecule has 22 heavy (non-hydrogen) atoms. The molecule has 0 saturated heterocycles. The fraction of sp³-hybridized carbons (Fsp3) is 0.562. The third kappa shape index (κ3) is 0.851. The van der Waals surface area contributed by atoms with Gasteiger partial charge in [-0.05, 0) is 36.3 Å². The van der Waals surface area contributed by atoms with Gasteiger partial charge < -0.3 is 4.74 Å². The standard InChI is InChI=1S/C16H14IN3O2/c1-22-14(21)16-7-6-15(10(7)11(16)12(15)13(16)17)20-9-5-3-2-4-8(9)18-19-20/h2-5,7,10-13H,6H2,1H3. The molecule has 1 heterocycles. The van der Waals surface area contributed by atoms with Gasteiger partial charge in [0, 0.05) is 9.84 Å². The Morgan fingerprint density at radius 3 is 2.86 bits per heavy atom. The maximum absolute atomic E-state index is 12.3. The predicted molar refractivity (Wildman–Crippen MR) is 86.3 cm³/mol. The number of aromatic nitrogens is 3. The van der Waals surface area contributed by atoms with Crippen LogP contribution < -0.4 is 0 Å². The molecular weight excluding hydrogens is 393 g/mol. The van der Waals surface area contributed by atoms with Crippen LogP contribution in [0, 0.1) is 29.1 Å². The Bertz CT molecular complexity index is 848. The Morgan fingerprint density at radius 2 is 2.18 bits per heavy atom. The zero-order valence-corrected chi connectivity index (χ0v) is 14.1. The maximum atomic E-state index is 12.3. The van der Waals surface area contributed by atoms with E-state index in [-0.39, 0.29) is 16.9 Å². The number of fused-ring (bicyclic) bond motifs is 3. The van der Waals surface area contributed by atoms with Crippen LogP contribution in [0.1, 0.15) is 6.42 Å². The number of ether oxygens (including phenoxy) is 1. The number of methoxy groups -OCH3 is 1. The van der Waals surface area contributed by atoms with Crippen LogP contribution in [-0.2, 0) is 15.1 Å². The first-order chi connectivity index (χ1) is 10.7. The summed E-state index contributed by atoms with van der Waals surface area (Å²) in [4.78, 5) is 12.3. The summed E-state index contributed by atoms with van der Waals surface area (Å²) in [5, 5.41) is 8.83. The summed E-state index contributed by atoms with van der Waals surface area (Å²) in [6.07, 6.45) is 1.06. The summed E-state index contributed by atoms with van der Waals surface area (Å²) in [6.45, 7) is 0. The van der Waals surface area contributed by atoms with Crippen molar-refractivity contribution in [3.05, 3.63) is 24.3 Å². The second-order valence-corrected chi connectivity index (χ2v) is 8.54. The van der Waals surface area contributed by atoms with Crippen molar-refractivity contribution >= 4 is 39.6 Å². The van der Waals surface area contributed by atoms with E-state index in [1.807, 2.05) is 18.2 Å². The van der Waals surface area contributed by atoms with Crippen molar-refractivity contribution in [2.75, 3.05) is 7.11 Å². The Labute approximate surface area is 140 Å². The van der Waals surface area contributed by atoms with Gasteiger partial charge >= 0.3 is 5.97 Å². The number of benzene rings is 1. The van der Waals surface area contributed by atoms with Crippen molar-refractivity contribution in [3.8, 4) is 0 Å². The minimum atomic E-state index is -0.178. The minimum absolute atomic E-state index is 0.0196. The van der Waals surface area contributed by atoms with Crippen LogP contribution in [0.2, 0.25) is 0 Å². The number of carbonyl (C=O) groups is 1. The van der Waals surface area contributed by atoms with Crippen LogP contribution in [0.25, 0.3) is 11.0 Å². The van der Waals surface area contributed by atoms with Crippen molar-refractivity contribution in [2.24, 2.45) is 29.1 Å². The number of alkyl halides is 1. The average molecular weight is 407 g/mol. The van der Waals surface area contributed by atoms with Gasteiger partial charge in [-0.15, -0.1) is 5.10 Å². The topological polar surface area (TPSA) is 57.0 Å². The molecule has 6 rings (SSSR count). The van der Waals surface area contributed by atoms with Gasteiger partial charge in [-0.3, -0.25) is 4.79 Å². The molecule has 0 amide bonds. The smallest absolute Gasteiger partial charge is 0.313 e. The van der Waals surface area contributed by atoms with E-state index in [9.17, 15) is 4.79 Å². The Kier molecular flexibility index (Phi) is 1.86. The summed E-state index contributed by atoms with van der Waals surface area (Å²) in [6, 6.07) is 8.18. The van der Waals surface area contributed by atoms with Gasteiger partial charge in [-0.25, -0.2) is 4.68 Å². The second-order valence-electron chi connectivity index (χ2n) is 7.20. The number of rotatable bonds is 2. The van der Waals surface area contributed by atoms with Gasteiger partial charge in [0.15, 0.2) is 0 Å². The number of halogens is 1. The van der Waals surface area contributed by atoms with E-state index in [4.69, 9.17) is 4.74 Å². The van der Waals surface area contributed by atoms with Gasteiger partial charge in [0.05, 0.1) is 23.6 Å². The largest absolute Gasteiger partial charge is 0.469 e. The highest BCUT2D eigenvalue weighted by atomic mass is 127. The van der Waals surface area contributed by atoms with Gasteiger partial charge in [0.25, 0.3) is 0 Å². The molecule has 0 spiro atoms. The van der Waals surface area contributed by atoms with E-state index in [1.54, 1.807) is 0 Å². The lowest BCUT2D eigenvalue weighted by Gasteiger charge is -2.94. The number of hydrogen-bond acceptors (Lipinski definition) is 4. The van der Waals surface area contributed by atoms with Crippen LogP contribution in [-0.4, -0.2) is 32.0 Å². The summed E-state index contributed by atoms with van der Waals surface area (Å²) in [7, 11) is 1.52. The number of nitrogens with zero attached hydrogens (tertiary/aromatic N) is 3. The minimum Gasteiger partial charge on any atom is -0.469 e. The SMILES string of the molecule is COC(=O)C12C(I)C3C1C1C2CC31n1nnc2ccccc21. The first-order valence-electron chi connectivity index (χ1n) is 7.72. The van der Waals surface area contributed by atoms with Gasteiger partial charge in [-0.2, -0.15) is 0 Å². The molecule has 2 aromatic rings. The molecule has 0 radical (unpaired) electrons. The Hall–Kier alpha value is -1.18. The molecule has 112 valence electrons. The predicted octanol–water partition coefficient (Wildman–Crippen LogP) is 2.00. The van der Waals surface area contributed by atoms with Crippen LogP contribution in [0.4, 0.5) is 0 Å². The lowest BCUT2D eigenvalue weighted by molar-refractivity contribution is -0.444. The molecule has 4 aliphatic carbocycles. The van der Waals surface area contributed by atoms with Gasteiger partial charge in [0.1, 0.15) is 5.52 Å². The number of hydrogen-bond donors (Lipinski definition) is 0. The summed E-state index contributed by atoms with van der Waals surface area (Å²) >= 11 is 2.48. The highest BCUT2D eigenvalue weighted by Gasteiger charge is 2.99. The average Bonchev–Trinajstić information content (AvgIpc) is 2.96. The van der Waals surface area contributed by atoms with Crippen LogP contribution >= 0.6 is 22.6 Å². The van der Waals surface area contributed by atoms with E-state index >= 15 is 0 Å². The molecule has 5 nitrogen and oxygen atoms in total. The quantitative estimate of drug-likeness (QED) is 0.434. The van der Waals surface area contributed by atoms with Crippen molar-refractivity contribution in [1.82, 2.24) is 15.0 Å². The molecule has 4 aliphatic rings. The third-order valence-electron chi connectivity index (χ3n) is 7.13. The second kappa shape index (κ2) is 3.34. The molecule has 4 saturated carbocycles. The van der Waals surface area contributed by atoms with E-state index in [0.717, 1.165) is 17.5 Å². The molecule has 6 heteroatoms. The van der Waals surface area contributed by atoms with Crippen molar-refractivity contribution < 1.29 is 9.53 Å². The zero-order valence-electron chi connectivity index (χ0n) is 11.9. The van der Waals surface area contributed by atoms with Gasteiger partial charge in [0.2, 0.25) is 0 Å². The molecule has 4 fully saturated rings. The molecule has 0 aliphatic heterocycles. The molecule has 1 aromatic carbocycles. The monoisotopic (exact) mass is 407 g/mol. The van der Waals surface area contributed by atoms with E-state index in [2.05, 4.69) is 43.7 Å². The number of esters is 1. The zero-order chi connectivity index (χ0) is 14.9. The fourth-order valence-corrected chi connectivity index (χ4v) is 8.65. The third-order valence-corrected chi connectivity index (χ3v) is 8.94. The summed E-state index contributed by atoms with van der Waals surface area (Å²) < 4.78 is 7.68. The lowest BCUT2D eigenvalue weighted by Crippen LogP contribution is -2.99. The highest BCUT2D eigenvalue weighted by molar-refractivity contribution is 14.1. The molecule has 1 aromatic heterocycles. The fourth-order valence-electron chi connectivity index (χ4n) is 6.45. The van der Waals surface area contributed by atoms with Gasteiger partial charge in [-0.1, -0.05) is 39.9 Å². The summed E-state index contributed by atoms with van der Waals surface area (Å²) in [5.41, 5.74) is 2.03. The first-order valence-corrected chi connectivity index (χ1v) is 8.97. The normalized spacial score (nSPS) is 49.3. The van der Waals surface area contributed by atoms with E-state index in [1.165, 1.54) is 7.11 Å². The highest BCUT2D eigenvalue weighted by Crippen LogP contribution is 2.94. The van der Waals surface area contributed by atoms with Crippen LogP contribution in [0.15, 0.2) is 24.3 Å². The van der Waals surface area contributed by atoms with E-state index in [0.29, 0.717) is 27.6 Å². The first kappa shape index (κ1) is 12.3. The lowest BCUT2D eigenvalue weighted by atomic mass is 9.11. The number of carbonyl (C=O) groups excluding carboxylic acids is 1. The van der Waals surface area contributed by atoms with E-state index < -0.39 is 0 Å². The van der Waals surface area contributed by atoms with Crippen LogP contribution in [0.5, 0.6) is 0 Å². The molecular formula is C16H14IN3O2. The Morgan fingerprint density at radius 1 is 1.36 bits per heavy atom. The summed E-state index contributed by atoms with van der Waals surface area (Å²) in [5.74, 6) is 2.18. The molecule has 0 bridgehead atoms. The molecule has 7 atom stereocenters. The Balaban J connectivity index is 1.48. The van der Waals surface area contributed by atoms with Crippen molar-refractivity contribution in [1.29, 1.82) is 0 Å².